The van der Waals surface area contributed by atoms with Crippen molar-refractivity contribution in [2.75, 3.05) is 31.1 Å². The number of nitrogens with zero attached hydrogens (tertiary/aromatic N) is 2. The first-order valence-corrected chi connectivity index (χ1v) is 6.79. The normalized spacial score (nSPS) is 16.1. The van der Waals surface area contributed by atoms with Gasteiger partial charge in [0.15, 0.2) is 0 Å². The van der Waals surface area contributed by atoms with Crippen molar-refractivity contribution in [3.8, 4) is 0 Å². The minimum Gasteiger partial charge on any atom is -0.368 e. The molecule has 0 radical (unpaired) electrons. The largest absolute Gasteiger partial charge is 0.368 e. The zero-order valence-electron chi connectivity index (χ0n) is 11.8. The van der Waals surface area contributed by atoms with E-state index in [1.165, 1.54) is 0 Å². The Morgan fingerprint density at radius 2 is 1.84 bits per heavy atom. The van der Waals surface area contributed by atoms with Gasteiger partial charge in [0.2, 0.25) is 5.91 Å². The molecule has 0 aliphatic carbocycles. The summed E-state index contributed by atoms with van der Waals surface area (Å²) >= 11 is 0. The maximum Gasteiger partial charge on any atom is 0.219 e. The molecule has 2 rings (SSSR count). The van der Waals surface area contributed by atoms with Crippen LogP contribution in [0.15, 0.2) is 18.2 Å². The van der Waals surface area contributed by atoms with E-state index in [9.17, 15) is 9.18 Å². The average Bonchev–Trinajstić information content (AvgIpc) is 2.38. The Balaban J connectivity index is 2.08. The molecule has 4 heteroatoms. The number of rotatable bonds is 2. The first kappa shape index (κ1) is 13.8. The zero-order chi connectivity index (χ0) is 14.0. The predicted molar refractivity (Wildman–Crippen MR) is 75.0 cm³/mol. The van der Waals surface area contributed by atoms with Crippen molar-refractivity contribution in [1.29, 1.82) is 0 Å². The van der Waals surface area contributed by atoms with Gasteiger partial charge in [0.05, 0.1) is 0 Å². The van der Waals surface area contributed by atoms with Crippen molar-refractivity contribution < 1.29 is 9.18 Å². The van der Waals surface area contributed by atoms with Crippen molar-refractivity contribution in [2.24, 2.45) is 0 Å². The van der Waals surface area contributed by atoms with E-state index in [1.807, 2.05) is 30.9 Å². The molecule has 1 aliphatic rings. The van der Waals surface area contributed by atoms with Gasteiger partial charge in [0, 0.05) is 38.8 Å². The van der Waals surface area contributed by atoms with Gasteiger partial charge in [0.1, 0.15) is 5.82 Å². The summed E-state index contributed by atoms with van der Waals surface area (Å²) < 4.78 is 14.0. The molecule has 1 aromatic rings. The topological polar surface area (TPSA) is 23.6 Å². The van der Waals surface area contributed by atoms with Crippen LogP contribution in [0, 0.1) is 5.82 Å². The number of benzene rings is 1. The van der Waals surface area contributed by atoms with Crippen LogP contribution in [-0.2, 0) is 4.79 Å². The maximum atomic E-state index is 14.0. The second-order valence-corrected chi connectivity index (χ2v) is 5.35. The molecule has 0 N–H and O–H groups in total. The number of carbonyl (C=O) groups is 1. The minimum atomic E-state index is -0.138. The zero-order valence-corrected chi connectivity index (χ0v) is 11.8. The molecule has 3 nitrogen and oxygen atoms in total. The van der Waals surface area contributed by atoms with Gasteiger partial charge in [-0.05, 0) is 23.6 Å². The number of piperazine rings is 1. The highest BCUT2D eigenvalue weighted by Crippen LogP contribution is 2.24. The van der Waals surface area contributed by atoms with Gasteiger partial charge >= 0.3 is 0 Å². The Labute approximate surface area is 114 Å². The summed E-state index contributed by atoms with van der Waals surface area (Å²) in [5, 5.41) is 0. The molecule has 0 unspecified atom stereocenters. The molecule has 1 heterocycles. The van der Waals surface area contributed by atoms with Crippen LogP contribution in [0.4, 0.5) is 10.1 Å². The van der Waals surface area contributed by atoms with Crippen molar-refractivity contribution >= 4 is 11.6 Å². The molecule has 0 spiro atoms. The molecule has 19 heavy (non-hydrogen) atoms. The number of amides is 1. The maximum absolute atomic E-state index is 14.0. The molecule has 104 valence electrons. The molecule has 0 atom stereocenters. The van der Waals surface area contributed by atoms with Crippen molar-refractivity contribution in [3.63, 3.8) is 0 Å². The fraction of sp³-hybridized carbons (Fsp3) is 0.533. The number of carbonyl (C=O) groups excluding carboxylic acids is 1. The molecule has 1 fully saturated rings. The van der Waals surface area contributed by atoms with Gasteiger partial charge in [-0.3, -0.25) is 4.79 Å². The summed E-state index contributed by atoms with van der Waals surface area (Å²) in [7, 11) is 0. The van der Waals surface area contributed by atoms with Gasteiger partial charge < -0.3 is 9.80 Å². The summed E-state index contributed by atoms with van der Waals surface area (Å²) in [6.07, 6.45) is 0. The van der Waals surface area contributed by atoms with E-state index in [4.69, 9.17) is 0 Å². The predicted octanol–water partition coefficient (Wildman–Crippen LogP) is 2.62. The van der Waals surface area contributed by atoms with Crippen LogP contribution in [0.3, 0.4) is 0 Å². The SMILES string of the molecule is CC(=O)N1CCN(c2ccc(C(C)C)c(F)c2)CC1. The Hall–Kier alpha value is -1.58. The highest BCUT2D eigenvalue weighted by atomic mass is 19.1. The molecule has 1 saturated heterocycles. The third-order valence-electron chi connectivity index (χ3n) is 3.70. The third kappa shape index (κ3) is 3.06. The molecular weight excluding hydrogens is 243 g/mol. The van der Waals surface area contributed by atoms with E-state index in [0.29, 0.717) is 13.1 Å². The summed E-state index contributed by atoms with van der Waals surface area (Å²) in [6.45, 7) is 8.52. The van der Waals surface area contributed by atoms with E-state index in [2.05, 4.69) is 4.90 Å². The second kappa shape index (κ2) is 5.59. The van der Waals surface area contributed by atoms with E-state index in [1.54, 1.807) is 13.0 Å². The summed E-state index contributed by atoms with van der Waals surface area (Å²) in [5.74, 6) is 0.172. The standard InChI is InChI=1S/C15H21FN2O/c1-11(2)14-5-4-13(10-15(14)16)18-8-6-17(7-9-18)12(3)19/h4-5,10-11H,6-9H2,1-3H3. The van der Waals surface area contributed by atoms with Crippen LogP contribution in [0.5, 0.6) is 0 Å². The van der Waals surface area contributed by atoms with E-state index >= 15 is 0 Å². The minimum absolute atomic E-state index is 0.112. The van der Waals surface area contributed by atoms with Crippen molar-refractivity contribution in [3.05, 3.63) is 29.6 Å². The lowest BCUT2D eigenvalue weighted by molar-refractivity contribution is -0.129. The van der Waals surface area contributed by atoms with Gasteiger partial charge in [-0.25, -0.2) is 4.39 Å². The third-order valence-corrected chi connectivity index (χ3v) is 3.70. The van der Waals surface area contributed by atoms with E-state index in [0.717, 1.165) is 24.3 Å². The molecule has 0 saturated carbocycles. The fourth-order valence-corrected chi connectivity index (χ4v) is 2.46. The van der Waals surface area contributed by atoms with Crippen LogP contribution >= 0.6 is 0 Å². The first-order valence-electron chi connectivity index (χ1n) is 6.79. The van der Waals surface area contributed by atoms with Gasteiger partial charge in [-0.15, -0.1) is 0 Å². The molecule has 0 aromatic heterocycles. The van der Waals surface area contributed by atoms with Crippen molar-refractivity contribution in [1.82, 2.24) is 4.90 Å². The lowest BCUT2D eigenvalue weighted by atomic mass is 10.0. The summed E-state index contributed by atoms with van der Waals surface area (Å²) in [4.78, 5) is 15.2. The van der Waals surface area contributed by atoms with Crippen LogP contribution in [0.2, 0.25) is 0 Å². The van der Waals surface area contributed by atoms with Gasteiger partial charge in [-0.2, -0.15) is 0 Å². The van der Waals surface area contributed by atoms with E-state index < -0.39 is 0 Å². The van der Waals surface area contributed by atoms with Crippen LogP contribution in [0.25, 0.3) is 0 Å². The number of hydrogen-bond acceptors (Lipinski definition) is 2. The Morgan fingerprint density at radius 1 is 1.21 bits per heavy atom. The quantitative estimate of drug-likeness (QED) is 0.820. The molecular formula is C15H21FN2O. The summed E-state index contributed by atoms with van der Waals surface area (Å²) in [6, 6.07) is 5.45. The molecule has 1 amide bonds. The van der Waals surface area contributed by atoms with Gasteiger partial charge in [0.25, 0.3) is 0 Å². The molecule has 1 aromatic carbocycles. The van der Waals surface area contributed by atoms with Crippen LogP contribution in [-0.4, -0.2) is 37.0 Å². The summed E-state index contributed by atoms with van der Waals surface area (Å²) in [5.41, 5.74) is 1.66. The van der Waals surface area contributed by atoms with Crippen molar-refractivity contribution in [2.45, 2.75) is 26.7 Å². The van der Waals surface area contributed by atoms with E-state index in [-0.39, 0.29) is 17.6 Å². The average molecular weight is 264 g/mol. The lowest BCUT2D eigenvalue weighted by Gasteiger charge is -2.35. The highest BCUT2D eigenvalue weighted by molar-refractivity contribution is 5.73. The first-order chi connectivity index (χ1) is 8.99. The second-order valence-electron chi connectivity index (χ2n) is 5.35. The number of anilines is 1. The Bertz CT molecular complexity index is 465. The number of hydrogen-bond donors (Lipinski definition) is 0. The van der Waals surface area contributed by atoms with Crippen LogP contribution in [0.1, 0.15) is 32.3 Å². The smallest absolute Gasteiger partial charge is 0.219 e. The lowest BCUT2D eigenvalue weighted by Crippen LogP contribution is -2.48. The highest BCUT2D eigenvalue weighted by Gasteiger charge is 2.19. The Kier molecular flexibility index (Phi) is 4.08. The number of halogens is 1. The molecule has 0 bridgehead atoms. The van der Waals surface area contributed by atoms with Crippen LogP contribution < -0.4 is 4.90 Å². The Morgan fingerprint density at radius 3 is 2.32 bits per heavy atom. The van der Waals surface area contributed by atoms with Gasteiger partial charge in [-0.1, -0.05) is 19.9 Å². The monoisotopic (exact) mass is 264 g/mol. The molecule has 1 aliphatic heterocycles. The fourth-order valence-electron chi connectivity index (χ4n) is 2.46.